The van der Waals surface area contributed by atoms with E-state index >= 15 is 0 Å². The van der Waals surface area contributed by atoms with E-state index in [1.807, 2.05) is 19.2 Å². The van der Waals surface area contributed by atoms with Gasteiger partial charge < -0.3 is 14.8 Å². The SMILES string of the molecule is Cn1cncc1-c1cccc(-n2nc(C(F)(F)F)nc2Nc2ccc3c(c2)CCC(N2CCCC2)CC3)n1. The number of imidazole rings is 1. The first kappa shape index (κ1) is 24.6. The molecule has 1 aliphatic heterocycles. The number of pyridine rings is 1. The van der Waals surface area contributed by atoms with Crippen LogP contribution in [0, 0.1) is 0 Å². The highest BCUT2D eigenvalue weighted by atomic mass is 19.4. The van der Waals surface area contributed by atoms with Crippen molar-refractivity contribution >= 4 is 11.6 Å². The zero-order valence-corrected chi connectivity index (χ0v) is 21.1. The molecule has 0 bridgehead atoms. The van der Waals surface area contributed by atoms with E-state index in [0.717, 1.165) is 36.1 Å². The Balaban J connectivity index is 1.30. The zero-order valence-electron chi connectivity index (χ0n) is 21.1. The minimum absolute atomic E-state index is 0.0458. The van der Waals surface area contributed by atoms with Crippen LogP contribution < -0.4 is 5.32 Å². The molecular formula is C27H29F3N8. The van der Waals surface area contributed by atoms with Crippen molar-refractivity contribution < 1.29 is 13.2 Å². The maximum Gasteiger partial charge on any atom is 0.453 e. The molecule has 6 rings (SSSR count). The lowest BCUT2D eigenvalue weighted by Gasteiger charge is -2.25. The first-order valence-corrected chi connectivity index (χ1v) is 13.0. The Morgan fingerprint density at radius 1 is 0.974 bits per heavy atom. The fourth-order valence-electron chi connectivity index (χ4n) is 5.53. The van der Waals surface area contributed by atoms with Crippen LogP contribution >= 0.6 is 0 Å². The third kappa shape index (κ3) is 4.90. The van der Waals surface area contributed by atoms with Gasteiger partial charge in [0, 0.05) is 18.8 Å². The molecule has 8 nitrogen and oxygen atoms in total. The average molecular weight is 523 g/mol. The number of likely N-dealkylation sites (tertiary alicyclic amines) is 1. The van der Waals surface area contributed by atoms with Crippen LogP contribution in [0.1, 0.15) is 42.6 Å². The Hall–Kier alpha value is -3.73. The van der Waals surface area contributed by atoms with Gasteiger partial charge in [-0.25, -0.2) is 9.97 Å². The molecule has 0 spiro atoms. The molecule has 1 N–H and O–H groups in total. The Kier molecular flexibility index (Phi) is 6.38. The van der Waals surface area contributed by atoms with E-state index in [2.05, 4.69) is 36.3 Å². The van der Waals surface area contributed by atoms with Gasteiger partial charge in [-0.05, 0) is 87.0 Å². The van der Waals surface area contributed by atoms with E-state index in [1.165, 1.54) is 37.1 Å². The highest BCUT2D eigenvalue weighted by Crippen LogP contribution is 2.32. The van der Waals surface area contributed by atoms with Crippen LogP contribution in [0.15, 0.2) is 48.9 Å². The van der Waals surface area contributed by atoms with Crippen molar-refractivity contribution in [1.29, 1.82) is 0 Å². The second kappa shape index (κ2) is 9.86. The number of hydrogen-bond acceptors (Lipinski definition) is 6. The monoisotopic (exact) mass is 522 g/mol. The third-order valence-corrected chi connectivity index (χ3v) is 7.50. The van der Waals surface area contributed by atoms with Crippen LogP contribution in [0.25, 0.3) is 17.2 Å². The first-order chi connectivity index (χ1) is 18.3. The summed E-state index contributed by atoms with van der Waals surface area (Å²) in [6.07, 6.45) is 5.33. The Labute approximate surface area is 218 Å². The molecule has 0 radical (unpaired) electrons. The smallest absolute Gasteiger partial charge is 0.332 e. The van der Waals surface area contributed by atoms with Gasteiger partial charge in [0.1, 0.15) is 0 Å². The van der Waals surface area contributed by atoms with Crippen molar-refractivity contribution in [2.24, 2.45) is 7.05 Å². The van der Waals surface area contributed by atoms with E-state index in [4.69, 9.17) is 0 Å². The quantitative estimate of drug-likeness (QED) is 0.365. The maximum absolute atomic E-state index is 13.6. The molecule has 1 fully saturated rings. The lowest BCUT2D eigenvalue weighted by atomic mass is 10.0. The molecule has 1 aliphatic carbocycles. The molecule has 4 heterocycles. The van der Waals surface area contributed by atoms with E-state index in [-0.39, 0.29) is 11.8 Å². The number of alkyl halides is 3. The van der Waals surface area contributed by atoms with E-state index in [1.54, 1.807) is 35.3 Å². The van der Waals surface area contributed by atoms with Gasteiger partial charge in [-0.15, -0.1) is 5.10 Å². The average Bonchev–Trinajstić information content (AvgIpc) is 3.64. The third-order valence-electron chi connectivity index (χ3n) is 7.50. The summed E-state index contributed by atoms with van der Waals surface area (Å²) in [6, 6.07) is 11.7. The van der Waals surface area contributed by atoms with Gasteiger partial charge in [0.05, 0.1) is 23.9 Å². The van der Waals surface area contributed by atoms with Gasteiger partial charge >= 0.3 is 6.18 Å². The summed E-state index contributed by atoms with van der Waals surface area (Å²) in [7, 11) is 1.83. The number of anilines is 2. The van der Waals surface area contributed by atoms with Crippen LogP contribution in [-0.4, -0.2) is 53.3 Å². The number of halogens is 3. The highest BCUT2D eigenvalue weighted by Gasteiger charge is 2.37. The van der Waals surface area contributed by atoms with Crippen LogP contribution in [0.3, 0.4) is 0 Å². The second-order valence-corrected chi connectivity index (χ2v) is 10.0. The Bertz CT molecular complexity index is 1430. The fraction of sp³-hybridized carbons (Fsp3) is 0.407. The standard InChI is InChI=1S/C27H29F3N8/c1-36-17-31-16-23(36)22-5-4-6-24(33-22)38-26(34-25(35-38)27(28,29)30)32-20-10-7-18-8-11-21(12-9-19(18)15-20)37-13-2-3-14-37/h4-7,10,15-17,21H,2-3,8-9,11-14H2,1H3,(H,32,34,35). The molecule has 1 atom stereocenters. The van der Waals surface area contributed by atoms with Crippen LogP contribution in [0.2, 0.25) is 0 Å². The number of benzene rings is 1. The highest BCUT2D eigenvalue weighted by molar-refractivity contribution is 5.59. The molecule has 11 heteroatoms. The van der Waals surface area contributed by atoms with Crippen molar-refractivity contribution in [2.75, 3.05) is 18.4 Å². The van der Waals surface area contributed by atoms with Gasteiger partial charge in [-0.1, -0.05) is 12.1 Å². The van der Waals surface area contributed by atoms with Crippen LogP contribution in [-0.2, 0) is 26.1 Å². The number of fused-ring (bicyclic) bond motifs is 1. The molecule has 198 valence electrons. The molecule has 1 saturated heterocycles. The molecule has 1 aromatic carbocycles. The summed E-state index contributed by atoms with van der Waals surface area (Å²) in [6.45, 7) is 2.36. The molecule has 0 amide bonds. The summed E-state index contributed by atoms with van der Waals surface area (Å²) in [4.78, 5) is 15.1. The van der Waals surface area contributed by atoms with Crippen LogP contribution in [0.5, 0.6) is 0 Å². The topological polar surface area (TPSA) is 76.7 Å². The molecule has 1 unspecified atom stereocenters. The lowest BCUT2D eigenvalue weighted by Crippen LogP contribution is -2.32. The normalized spacial score (nSPS) is 18.4. The van der Waals surface area contributed by atoms with Crippen molar-refractivity contribution in [3.05, 3.63) is 65.9 Å². The largest absolute Gasteiger partial charge is 0.453 e. The molecule has 4 aromatic rings. The van der Waals surface area contributed by atoms with E-state index in [0.29, 0.717) is 17.4 Å². The summed E-state index contributed by atoms with van der Waals surface area (Å²) in [5, 5.41) is 6.86. The van der Waals surface area contributed by atoms with Gasteiger partial charge in [-0.2, -0.15) is 22.8 Å². The summed E-state index contributed by atoms with van der Waals surface area (Å²) < 4.78 is 43.8. The van der Waals surface area contributed by atoms with Crippen LogP contribution in [0.4, 0.5) is 24.8 Å². The van der Waals surface area contributed by atoms with Gasteiger partial charge in [0.2, 0.25) is 5.95 Å². The summed E-state index contributed by atoms with van der Waals surface area (Å²) in [5.74, 6) is -1.05. The Morgan fingerprint density at radius 2 is 1.76 bits per heavy atom. The number of rotatable bonds is 5. The first-order valence-electron chi connectivity index (χ1n) is 13.0. The number of nitrogens with one attached hydrogen (secondary N) is 1. The molecule has 3 aromatic heterocycles. The summed E-state index contributed by atoms with van der Waals surface area (Å²) >= 11 is 0. The number of aromatic nitrogens is 6. The van der Waals surface area contributed by atoms with E-state index < -0.39 is 12.0 Å². The zero-order chi connectivity index (χ0) is 26.3. The molecule has 0 saturated carbocycles. The lowest BCUT2D eigenvalue weighted by molar-refractivity contribution is -0.144. The van der Waals surface area contributed by atoms with Gasteiger partial charge in [-0.3, -0.25) is 0 Å². The number of nitrogens with zero attached hydrogens (tertiary/aromatic N) is 7. The second-order valence-electron chi connectivity index (χ2n) is 10.0. The maximum atomic E-state index is 13.6. The molecule has 38 heavy (non-hydrogen) atoms. The van der Waals surface area contributed by atoms with Crippen molar-refractivity contribution in [3.8, 4) is 17.2 Å². The Morgan fingerprint density at radius 3 is 2.50 bits per heavy atom. The van der Waals surface area contributed by atoms with Crippen molar-refractivity contribution in [2.45, 2.75) is 50.7 Å². The van der Waals surface area contributed by atoms with Crippen molar-refractivity contribution in [1.82, 2.24) is 34.2 Å². The minimum Gasteiger partial charge on any atom is -0.332 e. The molecular weight excluding hydrogens is 493 g/mol. The van der Waals surface area contributed by atoms with Crippen molar-refractivity contribution in [3.63, 3.8) is 0 Å². The predicted octanol–water partition coefficient (Wildman–Crippen LogP) is 5.17. The number of hydrogen-bond donors (Lipinski definition) is 1. The summed E-state index contributed by atoms with van der Waals surface area (Å²) in [5.41, 5.74) is 4.51. The van der Waals surface area contributed by atoms with Gasteiger partial charge in [0.25, 0.3) is 5.82 Å². The molecule has 2 aliphatic rings. The number of aryl methyl sites for hydroxylation is 3. The minimum atomic E-state index is -4.69. The predicted molar refractivity (Wildman–Crippen MR) is 137 cm³/mol. The fourth-order valence-corrected chi connectivity index (χ4v) is 5.53. The van der Waals surface area contributed by atoms with E-state index in [9.17, 15) is 13.2 Å². The van der Waals surface area contributed by atoms with Gasteiger partial charge in [0.15, 0.2) is 5.82 Å².